The molecule has 0 unspecified atom stereocenters. The molecule has 126 valence electrons. The van der Waals surface area contributed by atoms with Gasteiger partial charge in [-0.3, -0.25) is 19.3 Å². The summed E-state index contributed by atoms with van der Waals surface area (Å²) < 4.78 is 0. The van der Waals surface area contributed by atoms with E-state index in [1.54, 1.807) is 25.1 Å². The number of benzene rings is 2. The first-order valence-corrected chi connectivity index (χ1v) is 7.97. The molecule has 1 aliphatic rings. The molecule has 0 fully saturated rings. The van der Waals surface area contributed by atoms with E-state index < -0.39 is 0 Å². The molecular formula is C19H15ClN2O3. The van der Waals surface area contributed by atoms with Gasteiger partial charge >= 0.3 is 0 Å². The van der Waals surface area contributed by atoms with E-state index in [0.717, 1.165) is 16.0 Å². The lowest BCUT2D eigenvalue weighted by Gasteiger charge is -2.06. The monoisotopic (exact) mass is 354 g/mol. The predicted molar refractivity (Wildman–Crippen MR) is 96.6 cm³/mol. The zero-order valence-corrected chi connectivity index (χ0v) is 14.4. The molecule has 0 radical (unpaired) electrons. The van der Waals surface area contributed by atoms with Crippen molar-refractivity contribution in [2.24, 2.45) is 0 Å². The molecule has 25 heavy (non-hydrogen) atoms. The third-order valence-electron chi connectivity index (χ3n) is 4.00. The van der Waals surface area contributed by atoms with Crippen molar-refractivity contribution < 1.29 is 14.4 Å². The Labute approximate surface area is 149 Å². The van der Waals surface area contributed by atoms with Gasteiger partial charge in [0.25, 0.3) is 11.8 Å². The number of carbonyl (C=O) groups is 3. The number of carbonyl (C=O) groups excluding carboxylic acids is 3. The maximum Gasteiger partial charge on any atom is 0.261 e. The van der Waals surface area contributed by atoms with Crippen LogP contribution in [-0.4, -0.2) is 29.7 Å². The van der Waals surface area contributed by atoms with Crippen molar-refractivity contribution in [3.63, 3.8) is 0 Å². The Morgan fingerprint density at radius 3 is 2.48 bits per heavy atom. The van der Waals surface area contributed by atoms with Crippen LogP contribution in [0.2, 0.25) is 5.02 Å². The first kappa shape index (κ1) is 16.9. The molecular weight excluding hydrogens is 340 g/mol. The van der Waals surface area contributed by atoms with Gasteiger partial charge in [0, 0.05) is 23.8 Å². The highest BCUT2D eigenvalue weighted by Crippen LogP contribution is 2.26. The number of rotatable bonds is 3. The zero-order valence-electron chi connectivity index (χ0n) is 13.7. The van der Waals surface area contributed by atoms with E-state index in [1.165, 1.54) is 19.2 Å². The molecule has 1 aliphatic heterocycles. The number of anilines is 1. The number of amides is 3. The Bertz CT molecular complexity index is 934. The largest absolute Gasteiger partial charge is 0.322 e. The van der Waals surface area contributed by atoms with Crippen LogP contribution in [0, 0.1) is 0 Å². The van der Waals surface area contributed by atoms with E-state index in [0.29, 0.717) is 16.3 Å². The average Bonchev–Trinajstić information content (AvgIpc) is 2.79. The molecule has 0 atom stereocenters. The Morgan fingerprint density at radius 2 is 1.76 bits per heavy atom. The molecule has 0 aromatic heterocycles. The predicted octanol–water partition coefficient (Wildman–Crippen LogP) is 3.61. The summed E-state index contributed by atoms with van der Waals surface area (Å²) in [6.07, 6.45) is 1.44. The lowest BCUT2D eigenvalue weighted by molar-refractivity contribution is -0.111. The molecule has 1 N–H and O–H groups in total. The van der Waals surface area contributed by atoms with E-state index in [4.69, 9.17) is 11.6 Å². The molecule has 6 heteroatoms. The van der Waals surface area contributed by atoms with Crippen molar-refractivity contribution in [1.29, 1.82) is 0 Å². The van der Waals surface area contributed by atoms with Crippen molar-refractivity contribution in [3.05, 3.63) is 70.3 Å². The van der Waals surface area contributed by atoms with Crippen molar-refractivity contribution in [1.82, 2.24) is 4.90 Å². The normalized spacial score (nSPS) is 13.9. The zero-order chi connectivity index (χ0) is 18.1. The summed E-state index contributed by atoms with van der Waals surface area (Å²) in [5, 5.41) is 3.27. The molecule has 0 spiro atoms. The number of nitrogens with one attached hydrogen (secondary N) is 1. The van der Waals surface area contributed by atoms with E-state index in [9.17, 15) is 14.4 Å². The number of imide groups is 1. The van der Waals surface area contributed by atoms with Crippen LogP contribution in [0.3, 0.4) is 0 Å². The van der Waals surface area contributed by atoms with Crippen molar-refractivity contribution in [2.45, 2.75) is 6.92 Å². The SMILES string of the molecule is CC(=CC(=O)Nc1ccc2c(c1)C(=O)N(C)C2=O)c1ccccc1Cl. The van der Waals surface area contributed by atoms with Crippen LogP contribution < -0.4 is 5.32 Å². The van der Waals surface area contributed by atoms with Gasteiger partial charge in [0.2, 0.25) is 5.91 Å². The molecule has 0 bridgehead atoms. The first-order chi connectivity index (χ1) is 11.9. The standard InChI is InChI=1S/C19H15ClN2O3/c1-11(13-5-3-4-6-16(13)20)9-17(23)21-12-7-8-14-15(10-12)19(25)22(2)18(14)24/h3-10H,1-2H3,(H,21,23). The van der Waals surface area contributed by atoms with Crippen molar-refractivity contribution >= 4 is 40.6 Å². The van der Waals surface area contributed by atoms with Crippen LogP contribution in [0.15, 0.2) is 48.5 Å². The van der Waals surface area contributed by atoms with Gasteiger partial charge in [-0.1, -0.05) is 29.8 Å². The molecule has 2 aromatic rings. The molecule has 5 nitrogen and oxygen atoms in total. The molecule has 3 amide bonds. The molecule has 1 heterocycles. The van der Waals surface area contributed by atoms with Crippen molar-refractivity contribution in [3.8, 4) is 0 Å². The number of allylic oxidation sites excluding steroid dienone is 1. The molecule has 3 rings (SSSR count). The topological polar surface area (TPSA) is 66.5 Å². The van der Waals surface area contributed by atoms with Gasteiger partial charge in [0.05, 0.1) is 11.1 Å². The summed E-state index contributed by atoms with van der Waals surface area (Å²) in [7, 11) is 1.43. The fourth-order valence-corrected chi connectivity index (χ4v) is 2.96. The summed E-state index contributed by atoms with van der Waals surface area (Å²) in [5.41, 5.74) is 2.57. The third-order valence-corrected chi connectivity index (χ3v) is 4.33. The fraction of sp³-hybridized carbons (Fsp3) is 0.105. The summed E-state index contributed by atoms with van der Waals surface area (Å²) >= 11 is 6.12. The molecule has 0 saturated heterocycles. The van der Waals surface area contributed by atoms with Gasteiger partial charge in [-0.25, -0.2) is 0 Å². The van der Waals surface area contributed by atoms with E-state index in [2.05, 4.69) is 5.32 Å². The summed E-state index contributed by atoms with van der Waals surface area (Å²) in [6.45, 7) is 1.79. The third kappa shape index (κ3) is 3.19. The van der Waals surface area contributed by atoms with Gasteiger partial charge < -0.3 is 5.32 Å². The lowest BCUT2D eigenvalue weighted by atomic mass is 10.1. The van der Waals surface area contributed by atoms with Crippen LogP contribution >= 0.6 is 11.6 Å². The number of hydrogen-bond acceptors (Lipinski definition) is 3. The van der Waals surface area contributed by atoms with E-state index in [-0.39, 0.29) is 23.3 Å². The average molecular weight is 355 g/mol. The van der Waals surface area contributed by atoms with Crippen LogP contribution in [-0.2, 0) is 4.79 Å². The van der Waals surface area contributed by atoms with Gasteiger partial charge in [0.1, 0.15) is 0 Å². The van der Waals surface area contributed by atoms with Crippen LogP contribution in [0.1, 0.15) is 33.2 Å². The minimum Gasteiger partial charge on any atom is -0.322 e. The minimum atomic E-state index is -0.376. The Morgan fingerprint density at radius 1 is 1.08 bits per heavy atom. The van der Waals surface area contributed by atoms with Gasteiger partial charge in [0.15, 0.2) is 0 Å². The molecule has 0 saturated carbocycles. The maximum atomic E-state index is 12.2. The number of fused-ring (bicyclic) bond motifs is 1. The number of halogens is 1. The van der Waals surface area contributed by atoms with Crippen LogP contribution in [0.25, 0.3) is 5.57 Å². The quantitative estimate of drug-likeness (QED) is 0.676. The van der Waals surface area contributed by atoms with Gasteiger partial charge in [-0.15, -0.1) is 0 Å². The minimum absolute atomic E-state index is 0.289. The first-order valence-electron chi connectivity index (χ1n) is 7.59. The van der Waals surface area contributed by atoms with E-state index >= 15 is 0 Å². The van der Waals surface area contributed by atoms with E-state index in [1.807, 2.05) is 18.2 Å². The highest BCUT2D eigenvalue weighted by molar-refractivity contribution is 6.32. The smallest absolute Gasteiger partial charge is 0.261 e. The number of nitrogens with zero attached hydrogens (tertiary/aromatic N) is 1. The van der Waals surface area contributed by atoms with Gasteiger partial charge in [-0.05, 0) is 42.3 Å². The summed E-state index contributed by atoms with van der Waals surface area (Å²) in [4.78, 5) is 37.2. The lowest BCUT2D eigenvalue weighted by Crippen LogP contribution is -2.24. The second kappa shape index (κ2) is 6.53. The van der Waals surface area contributed by atoms with Crippen LogP contribution in [0.4, 0.5) is 5.69 Å². The van der Waals surface area contributed by atoms with Crippen molar-refractivity contribution in [2.75, 3.05) is 12.4 Å². The molecule has 0 aliphatic carbocycles. The summed E-state index contributed by atoms with van der Waals surface area (Å²) in [6, 6.07) is 11.9. The summed E-state index contributed by atoms with van der Waals surface area (Å²) in [5.74, 6) is -1.06. The van der Waals surface area contributed by atoms with Gasteiger partial charge in [-0.2, -0.15) is 0 Å². The maximum absolute atomic E-state index is 12.2. The molecule has 2 aromatic carbocycles. The fourth-order valence-electron chi connectivity index (χ4n) is 2.67. The second-order valence-electron chi connectivity index (χ2n) is 5.73. The Balaban J connectivity index is 1.81. The Kier molecular flexibility index (Phi) is 4.42. The second-order valence-corrected chi connectivity index (χ2v) is 6.13. The van der Waals surface area contributed by atoms with Crippen LogP contribution in [0.5, 0.6) is 0 Å². The Hall–Kier alpha value is -2.92. The highest BCUT2D eigenvalue weighted by Gasteiger charge is 2.32. The number of hydrogen-bond donors (Lipinski definition) is 1. The highest BCUT2D eigenvalue weighted by atomic mass is 35.5.